The molecular formula is C14H15N3O5. The lowest BCUT2D eigenvalue weighted by Gasteiger charge is -2.17. The van der Waals surface area contributed by atoms with Crippen molar-refractivity contribution in [1.29, 1.82) is 0 Å². The van der Waals surface area contributed by atoms with E-state index in [1.807, 2.05) is 0 Å². The van der Waals surface area contributed by atoms with Crippen molar-refractivity contribution in [3.05, 3.63) is 29.8 Å². The van der Waals surface area contributed by atoms with E-state index in [1.165, 1.54) is 18.9 Å². The van der Waals surface area contributed by atoms with Crippen molar-refractivity contribution < 1.29 is 23.9 Å². The Bertz CT molecular complexity index is 626. The van der Waals surface area contributed by atoms with Gasteiger partial charge >= 0.3 is 12.0 Å². The first-order valence-corrected chi connectivity index (χ1v) is 6.51. The Hall–Kier alpha value is -2.90. The molecule has 0 atom stereocenters. The Morgan fingerprint density at radius 2 is 1.86 bits per heavy atom. The van der Waals surface area contributed by atoms with E-state index in [9.17, 15) is 19.2 Å². The first-order chi connectivity index (χ1) is 10.4. The number of hydrogen-bond donors (Lipinski definition) is 1. The maximum absolute atomic E-state index is 12.2. The molecule has 0 bridgehead atoms. The third kappa shape index (κ3) is 3.05. The van der Waals surface area contributed by atoms with Gasteiger partial charge in [0.15, 0.2) is 6.73 Å². The van der Waals surface area contributed by atoms with Crippen molar-refractivity contribution in [2.24, 2.45) is 0 Å². The summed E-state index contributed by atoms with van der Waals surface area (Å²) in [7, 11) is 1.52. The zero-order valence-electron chi connectivity index (χ0n) is 12.2. The number of esters is 1. The molecule has 1 aliphatic heterocycles. The van der Waals surface area contributed by atoms with E-state index in [4.69, 9.17) is 0 Å². The van der Waals surface area contributed by atoms with E-state index in [0.717, 1.165) is 4.90 Å². The highest BCUT2D eigenvalue weighted by Crippen LogP contribution is 2.21. The highest BCUT2D eigenvalue weighted by Gasteiger charge is 2.37. The molecule has 0 aromatic heterocycles. The molecule has 4 amide bonds. The molecule has 1 aromatic carbocycles. The van der Waals surface area contributed by atoms with Crippen molar-refractivity contribution in [3.8, 4) is 0 Å². The van der Waals surface area contributed by atoms with Crippen molar-refractivity contribution in [3.63, 3.8) is 0 Å². The number of imide groups is 1. The normalized spacial score (nSPS) is 14.3. The molecule has 1 aromatic rings. The number of anilines is 1. The zero-order chi connectivity index (χ0) is 16.3. The number of carbonyl (C=O) groups excluding carboxylic acids is 4. The predicted octanol–water partition coefficient (Wildman–Crippen LogP) is 0.335. The third-order valence-corrected chi connectivity index (χ3v) is 3.12. The number of benzene rings is 1. The van der Waals surface area contributed by atoms with Crippen LogP contribution >= 0.6 is 0 Å². The monoisotopic (exact) mass is 305 g/mol. The van der Waals surface area contributed by atoms with Gasteiger partial charge in [-0.25, -0.2) is 9.69 Å². The summed E-state index contributed by atoms with van der Waals surface area (Å²) < 4.78 is 4.68. The number of hydrogen-bond acceptors (Lipinski definition) is 5. The van der Waals surface area contributed by atoms with Crippen LogP contribution in [0.25, 0.3) is 0 Å². The standard InChI is InChI=1S/C14H15N3O5/c1-9(18)22-8-17-12(19)7-16(14(17)21)11-5-3-10(4-6-11)13(20)15-2/h3-6H,7-8H2,1-2H3,(H,15,20). The Morgan fingerprint density at radius 3 is 2.41 bits per heavy atom. The minimum absolute atomic E-state index is 0.139. The lowest BCUT2D eigenvalue weighted by molar-refractivity contribution is -0.146. The van der Waals surface area contributed by atoms with Crippen LogP contribution in [-0.2, 0) is 14.3 Å². The fourth-order valence-corrected chi connectivity index (χ4v) is 1.96. The fraction of sp³-hybridized carbons (Fsp3) is 0.286. The van der Waals surface area contributed by atoms with Gasteiger partial charge in [0, 0.05) is 25.2 Å². The number of nitrogens with one attached hydrogen (secondary N) is 1. The molecule has 1 aliphatic rings. The van der Waals surface area contributed by atoms with Gasteiger partial charge in [-0.2, -0.15) is 0 Å². The zero-order valence-corrected chi connectivity index (χ0v) is 12.2. The predicted molar refractivity (Wildman–Crippen MR) is 76.1 cm³/mol. The summed E-state index contributed by atoms with van der Waals surface area (Å²) in [5, 5.41) is 2.49. The average Bonchev–Trinajstić information content (AvgIpc) is 2.79. The van der Waals surface area contributed by atoms with E-state index < -0.39 is 24.6 Å². The van der Waals surface area contributed by atoms with Crippen LogP contribution in [0.3, 0.4) is 0 Å². The van der Waals surface area contributed by atoms with Crippen molar-refractivity contribution >= 4 is 29.5 Å². The van der Waals surface area contributed by atoms with E-state index in [0.29, 0.717) is 11.3 Å². The van der Waals surface area contributed by atoms with Gasteiger partial charge in [0.1, 0.15) is 6.54 Å². The molecule has 0 radical (unpaired) electrons. The van der Waals surface area contributed by atoms with Gasteiger partial charge in [-0.15, -0.1) is 0 Å². The second-order valence-corrected chi connectivity index (χ2v) is 4.58. The van der Waals surface area contributed by atoms with Gasteiger partial charge in [0.05, 0.1) is 0 Å². The first kappa shape index (κ1) is 15.5. The van der Waals surface area contributed by atoms with Crippen LogP contribution in [0.4, 0.5) is 10.5 Å². The molecule has 1 saturated heterocycles. The van der Waals surface area contributed by atoms with Crippen LogP contribution in [0.2, 0.25) is 0 Å². The number of urea groups is 1. The molecule has 1 fully saturated rings. The SMILES string of the molecule is CNC(=O)c1ccc(N2CC(=O)N(COC(C)=O)C2=O)cc1. The average molecular weight is 305 g/mol. The first-order valence-electron chi connectivity index (χ1n) is 6.51. The molecule has 0 aliphatic carbocycles. The minimum atomic E-state index is -0.575. The highest BCUT2D eigenvalue weighted by atomic mass is 16.5. The minimum Gasteiger partial charge on any atom is -0.444 e. The lowest BCUT2D eigenvalue weighted by Crippen LogP contribution is -2.35. The van der Waals surface area contributed by atoms with E-state index >= 15 is 0 Å². The Labute approximate surface area is 126 Å². The van der Waals surface area contributed by atoms with Gasteiger partial charge in [-0.05, 0) is 24.3 Å². The smallest absolute Gasteiger partial charge is 0.334 e. The Morgan fingerprint density at radius 1 is 1.23 bits per heavy atom. The summed E-state index contributed by atoms with van der Waals surface area (Å²) in [5.74, 6) is -1.28. The number of amides is 4. The second-order valence-electron chi connectivity index (χ2n) is 4.58. The summed E-state index contributed by atoms with van der Waals surface area (Å²) in [6.07, 6.45) is 0. The number of nitrogens with zero attached hydrogens (tertiary/aromatic N) is 2. The van der Waals surface area contributed by atoms with E-state index in [-0.39, 0.29) is 12.5 Å². The summed E-state index contributed by atoms with van der Waals surface area (Å²) in [6.45, 7) is 0.652. The molecule has 0 spiro atoms. The molecule has 0 saturated carbocycles. The van der Waals surface area contributed by atoms with Crippen LogP contribution in [0.1, 0.15) is 17.3 Å². The quantitative estimate of drug-likeness (QED) is 0.639. The van der Waals surface area contributed by atoms with E-state index in [1.54, 1.807) is 24.3 Å². The lowest BCUT2D eigenvalue weighted by atomic mass is 10.2. The molecular weight excluding hydrogens is 290 g/mol. The van der Waals surface area contributed by atoms with Gasteiger partial charge in [-0.1, -0.05) is 0 Å². The summed E-state index contributed by atoms with van der Waals surface area (Å²) in [5.41, 5.74) is 0.928. The summed E-state index contributed by atoms with van der Waals surface area (Å²) >= 11 is 0. The largest absolute Gasteiger partial charge is 0.444 e. The Balaban J connectivity index is 2.13. The van der Waals surface area contributed by atoms with Gasteiger partial charge in [0.2, 0.25) is 0 Å². The van der Waals surface area contributed by atoms with Crippen LogP contribution in [0, 0.1) is 0 Å². The van der Waals surface area contributed by atoms with Gasteiger partial charge in [0.25, 0.3) is 11.8 Å². The molecule has 8 heteroatoms. The third-order valence-electron chi connectivity index (χ3n) is 3.12. The van der Waals surface area contributed by atoms with Crippen molar-refractivity contribution in [2.45, 2.75) is 6.92 Å². The van der Waals surface area contributed by atoms with Gasteiger partial charge in [-0.3, -0.25) is 19.3 Å². The number of carbonyl (C=O) groups is 4. The van der Waals surface area contributed by atoms with Crippen LogP contribution in [0.5, 0.6) is 0 Å². The molecule has 0 unspecified atom stereocenters. The van der Waals surface area contributed by atoms with E-state index in [2.05, 4.69) is 10.1 Å². The number of ether oxygens (including phenoxy) is 1. The molecule has 22 heavy (non-hydrogen) atoms. The second kappa shape index (κ2) is 6.25. The fourth-order valence-electron chi connectivity index (χ4n) is 1.96. The van der Waals surface area contributed by atoms with Crippen molar-refractivity contribution in [2.75, 3.05) is 25.2 Å². The number of rotatable bonds is 4. The van der Waals surface area contributed by atoms with Crippen LogP contribution in [-0.4, -0.2) is 49.0 Å². The van der Waals surface area contributed by atoms with Gasteiger partial charge < -0.3 is 10.1 Å². The summed E-state index contributed by atoms with van der Waals surface area (Å²) in [6, 6.07) is 5.69. The Kier molecular flexibility index (Phi) is 4.40. The van der Waals surface area contributed by atoms with Crippen LogP contribution in [0.15, 0.2) is 24.3 Å². The van der Waals surface area contributed by atoms with Crippen molar-refractivity contribution in [1.82, 2.24) is 10.2 Å². The highest BCUT2D eigenvalue weighted by molar-refractivity contribution is 6.12. The molecule has 8 nitrogen and oxygen atoms in total. The maximum atomic E-state index is 12.2. The molecule has 116 valence electrons. The molecule has 2 rings (SSSR count). The molecule has 1 N–H and O–H groups in total. The summed E-state index contributed by atoms with van der Waals surface area (Å²) in [4.78, 5) is 48.3. The maximum Gasteiger partial charge on any atom is 0.334 e. The topological polar surface area (TPSA) is 96.0 Å². The molecule has 1 heterocycles. The van der Waals surface area contributed by atoms with Crippen LogP contribution < -0.4 is 10.2 Å².